The maximum absolute atomic E-state index is 9.46. The number of allylic oxidation sites excluding steroid dienone is 2. The van der Waals surface area contributed by atoms with Crippen molar-refractivity contribution in [2.75, 3.05) is 7.11 Å². The molecule has 0 fully saturated rings. The van der Waals surface area contributed by atoms with E-state index in [-0.39, 0.29) is 0 Å². The molecule has 3 nitrogen and oxygen atoms in total. The smallest absolute Gasteiger partial charge is 0.119 e. The van der Waals surface area contributed by atoms with Gasteiger partial charge >= 0.3 is 0 Å². The Morgan fingerprint density at radius 3 is 2.44 bits per heavy atom. The number of fused-ring (bicyclic) bond motifs is 1. The van der Waals surface area contributed by atoms with Crippen molar-refractivity contribution in [3.05, 3.63) is 50.3 Å². The third kappa shape index (κ3) is 2.61. The first kappa shape index (κ1) is 17.9. The second-order valence-electron chi connectivity index (χ2n) is 7.31. The van der Waals surface area contributed by atoms with Crippen LogP contribution in [0.15, 0.2) is 18.2 Å². The number of ether oxygens (including phenoxy) is 1. The Labute approximate surface area is 164 Å². The zero-order chi connectivity index (χ0) is 19.3. The van der Waals surface area contributed by atoms with Gasteiger partial charge in [-0.2, -0.15) is 5.26 Å². The lowest BCUT2D eigenvalue weighted by Gasteiger charge is -2.11. The van der Waals surface area contributed by atoms with E-state index in [1.165, 1.54) is 50.2 Å². The minimum atomic E-state index is 0.845. The molecule has 1 aliphatic rings. The Kier molecular flexibility index (Phi) is 4.36. The van der Waals surface area contributed by atoms with Gasteiger partial charge in [0.15, 0.2) is 0 Å². The minimum absolute atomic E-state index is 0.845. The molecule has 3 aromatic rings. The Hall–Kier alpha value is -2.51. The maximum Gasteiger partial charge on any atom is 0.119 e. The molecule has 0 aliphatic heterocycles. The van der Waals surface area contributed by atoms with Crippen LogP contribution in [0.4, 0.5) is 0 Å². The third-order valence-corrected chi connectivity index (χ3v) is 7.06. The predicted molar refractivity (Wildman–Crippen MR) is 113 cm³/mol. The highest BCUT2D eigenvalue weighted by Crippen LogP contribution is 2.47. The Morgan fingerprint density at radius 1 is 1.11 bits per heavy atom. The molecule has 2 heterocycles. The molecule has 0 bridgehead atoms. The molecule has 0 unspecified atom stereocenters. The summed E-state index contributed by atoms with van der Waals surface area (Å²) in [7, 11) is 3.86. The van der Waals surface area contributed by atoms with Crippen LogP contribution >= 0.6 is 11.3 Å². The quantitative estimate of drug-likeness (QED) is 0.550. The van der Waals surface area contributed by atoms with Crippen LogP contribution in [-0.4, -0.2) is 11.7 Å². The SMILES string of the molecule is COc1ccc2c(c1)c(C1=C(c3c(C)sc(C#N)c3C)CCC1)c(C)n2C. The van der Waals surface area contributed by atoms with Gasteiger partial charge in [0.2, 0.25) is 0 Å². The molecule has 0 amide bonds. The van der Waals surface area contributed by atoms with Gasteiger partial charge in [0.1, 0.15) is 16.7 Å². The average Bonchev–Trinajstić information content (AvgIpc) is 3.30. The van der Waals surface area contributed by atoms with E-state index in [2.05, 4.69) is 50.6 Å². The molecule has 1 aliphatic carbocycles. The molecule has 0 radical (unpaired) electrons. The lowest BCUT2D eigenvalue weighted by Crippen LogP contribution is -1.94. The highest BCUT2D eigenvalue weighted by Gasteiger charge is 2.26. The highest BCUT2D eigenvalue weighted by molar-refractivity contribution is 7.13. The zero-order valence-corrected chi connectivity index (χ0v) is 17.4. The van der Waals surface area contributed by atoms with Crippen LogP contribution in [-0.2, 0) is 7.05 Å². The number of aryl methyl sites for hydroxylation is 2. The molecule has 2 aromatic heterocycles. The van der Waals surface area contributed by atoms with E-state index in [1.807, 2.05) is 6.07 Å². The molecule has 27 heavy (non-hydrogen) atoms. The van der Waals surface area contributed by atoms with Crippen LogP contribution < -0.4 is 4.74 Å². The summed E-state index contributed by atoms with van der Waals surface area (Å²) in [4.78, 5) is 2.10. The fourth-order valence-electron chi connectivity index (χ4n) is 4.56. The highest BCUT2D eigenvalue weighted by atomic mass is 32.1. The van der Waals surface area contributed by atoms with Crippen molar-refractivity contribution in [3.8, 4) is 11.8 Å². The van der Waals surface area contributed by atoms with E-state index in [9.17, 15) is 5.26 Å². The van der Waals surface area contributed by atoms with Crippen LogP contribution in [0.3, 0.4) is 0 Å². The van der Waals surface area contributed by atoms with E-state index < -0.39 is 0 Å². The van der Waals surface area contributed by atoms with Gasteiger partial charge < -0.3 is 9.30 Å². The van der Waals surface area contributed by atoms with Crippen LogP contribution in [0.2, 0.25) is 0 Å². The summed E-state index contributed by atoms with van der Waals surface area (Å²) in [5, 5.41) is 10.7. The van der Waals surface area contributed by atoms with E-state index >= 15 is 0 Å². The number of aromatic nitrogens is 1. The van der Waals surface area contributed by atoms with Gasteiger partial charge in [0, 0.05) is 34.1 Å². The van der Waals surface area contributed by atoms with Gasteiger partial charge in [-0.15, -0.1) is 11.3 Å². The van der Waals surface area contributed by atoms with Gasteiger partial charge in [-0.25, -0.2) is 0 Å². The number of nitrogens with zero attached hydrogens (tertiary/aromatic N) is 2. The fraction of sp³-hybridized carbons (Fsp3) is 0.348. The predicted octanol–water partition coefficient (Wildman–Crippen LogP) is 6.14. The average molecular weight is 377 g/mol. The minimum Gasteiger partial charge on any atom is -0.497 e. The topological polar surface area (TPSA) is 37.9 Å². The number of methoxy groups -OCH3 is 1. The van der Waals surface area contributed by atoms with Crippen LogP contribution in [0.1, 0.15) is 51.4 Å². The summed E-state index contributed by atoms with van der Waals surface area (Å²) in [6.07, 6.45) is 3.34. The van der Waals surface area contributed by atoms with Crippen LogP contribution in [0, 0.1) is 32.1 Å². The van der Waals surface area contributed by atoms with E-state index in [4.69, 9.17) is 4.74 Å². The number of rotatable bonds is 3. The Morgan fingerprint density at radius 2 is 1.81 bits per heavy atom. The molecule has 0 atom stereocenters. The molecular formula is C23H24N2OS. The van der Waals surface area contributed by atoms with Gasteiger partial charge in [-0.1, -0.05) is 0 Å². The number of thiophene rings is 1. The second kappa shape index (κ2) is 6.58. The first-order valence-electron chi connectivity index (χ1n) is 9.33. The number of hydrogen-bond acceptors (Lipinski definition) is 3. The van der Waals surface area contributed by atoms with Crippen molar-refractivity contribution in [1.82, 2.24) is 4.57 Å². The first-order valence-corrected chi connectivity index (χ1v) is 10.2. The molecule has 0 saturated carbocycles. The van der Waals surface area contributed by atoms with Gasteiger partial charge in [-0.05, 0) is 80.5 Å². The van der Waals surface area contributed by atoms with Crippen molar-refractivity contribution < 1.29 is 4.74 Å². The van der Waals surface area contributed by atoms with Crippen molar-refractivity contribution in [1.29, 1.82) is 5.26 Å². The standard InChI is InChI=1S/C23H24N2OS/c1-13-21(12-24)27-15(3)22(13)17-7-6-8-18(17)23-14(2)25(4)20-10-9-16(26-5)11-19(20)23/h9-11H,6-8H2,1-5H3. The lowest BCUT2D eigenvalue weighted by atomic mass is 9.93. The van der Waals surface area contributed by atoms with Gasteiger partial charge in [0.05, 0.1) is 7.11 Å². The third-order valence-electron chi connectivity index (χ3n) is 5.95. The first-order chi connectivity index (χ1) is 13.0. The summed E-state index contributed by atoms with van der Waals surface area (Å²) in [6.45, 7) is 6.45. The van der Waals surface area contributed by atoms with Crippen molar-refractivity contribution in [2.24, 2.45) is 7.05 Å². The summed E-state index contributed by atoms with van der Waals surface area (Å²) >= 11 is 1.62. The molecule has 4 heteroatoms. The zero-order valence-electron chi connectivity index (χ0n) is 16.6. The second-order valence-corrected chi connectivity index (χ2v) is 8.54. The van der Waals surface area contributed by atoms with E-state index in [0.717, 1.165) is 29.0 Å². The summed E-state index contributed by atoms with van der Waals surface area (Å²) in [6, 6.07) is 8.71. The summed E-state index contributed by atoms with van der Waals surface area (Å²) in [5.41, 5.74) is 9.20. The van der Waals surface area contributed by atoms with Crippen molar-refractivity contribution in [2.45, 2.75) is 40.0 Å². The number of benzene rings is 1. The van der Waals surface area contributed by atoms with Crippen LogP contribution in [0.5, 0.6) is 5.75 Å². The van der Waals surface area contributed by atoms with Gasteiger partial charge in [0.25, 0.3) is 0 Å². The van der Waals surface area contributed by atoms with E-state index in [1.54, 1.807) is 18.4 Å². The molecule has 138 valence electrons. The number of nitriles is 1. The Bertz CT molecular complexity index is 1140. The molecule has 1 aromatic carbocycles. The molecule has 0 spiro atoms. The summed E-state index contributed by atoms with van der Waals surface area (Å²) < 4.78 is 7.78. The van der Waals surface area contributed by atoms with E-state index in [0.29, 0.717) is 0 Å². The summed E-state index contributed by atoms with van der Waals surface area (Å²) in [5.74, 6) is 0.893. The fourth-order valence-corrected chi connectivity index (χ4v) is 5.54. The molecule has 0 saturated heterocycles. The largest absolute Gasteiger partial charge is 0.497 e. The van der Waals surface area contributed by atoms with Gasteiger partial charge in [-0.3, -0.25) is 0 Å². The molecule has 4 rings (SSSR count). The molecular weight excluding hydrogens is 352 g/mol. The Balaban J connectivity index is 2.03. The number of hydrogen-bond donors (Lipinski definition) is 0. The normalized spacial score (nSPS) is 14.2. The maximum atomic E-state index is 9.46. The molecule has 0 N–H and O–H groups in total. The van der Waals surface area contributed by atoms with Crippen molar-refractivity contribution in [3.63, 3.8) is 0 Å². The van der Waals surface area contributed by atoms with Crippen molar-refractivity contribution >= 4 is 33.4 Å². The van der Waals surface area contributed by atoms with Crippen LogP contribution in [0.25, 0.3) is 22.0 Å². The lowest BCUT2D eigenvalue weighted by molar-refractivity contribution is 0.415. The monoisotopic (exact) mass is 376 g/mol.